The molecule has 4 atom stereocenters. The van der Waals surface area contributed by atoms with Crippen LogP contribution in [0.5, 0.6) is 5.75 Å². The smallest absolute Gasteiger partial charge is 0.410 e. The van der Waals surface area contributed by atoms with Crippen molar-refractivity contribution in [2.75, 3.05) is 27.2 Å². The Morgan fingerprint density at radius 1 is 1.32 bits per heavy atom. The highest BCUT2D eigenvalue weighted by molar-refractivity contribution is 5.89. The van der Waals surface area contributed by atoms with E-state index in [1.807, 2.05) is 18.2 Å². The summed E-state index contributed by atoms with van der Waals surface area (Å²) in [6, 6.07) is 5.48. The van der Waals surface area contributed by atoms with Crippen molar-refractivity contribution in [1.82, 2.24) is 14.9 Å². The molecule has 1 aromatic carbocycles. The molecule has 1 aliphatic carbocycles. The number of nitrogens with zero attached hydrogens (tertiary/aromatic N) is 3. The van der Waals surface area contributed by atoms with Crippen LogP contribution in [0, 0.1) is 0 Å². The van der Waals surface area contributed by atoms with Crippen LogP contribution in [-0.2, 0) is 21.5 Å². The van der Waals surface area contributed by atoms with E-state index in [4.69, 9.17) is 9.47 Å². The maximum absolute atomic E-state index is 12.7. The number of benzene rings is 1. The molecule has 3 heterocycles. The molecule has 1 aromatic rings. The van der Waals surface area contributed by atoms with Gasteiger partial charge in [0.15, 0.2) is 0 Å². The lowest BCUT2D eigenvalue weighted by atomic mass is 9.68. The fraction of sp³-hybridized carbons (Fsp3) is 0.545. The lowest BCUT2D eigenvalue weighted by Gasteiger charge is -2.44. The summed E-state index contributed by atoms with van der Waals surface area (Å²) in [7, 11) is 3.40. The zero-order valence-corrected chi connectivity index (χ0v) is 17.7. The van der Waals surface area contributed by atoms with E-state index < -0.39 is 23.8 Å². The topological polar surface area (TPSA) is 103 Å². The van der Waals surface area contributed by atoms with Crippen molar-refractivity contribution < 1.29 is 29.4 Å². The van der Waals surface area contributed by atoms with Crippen molar-refractivity contribution in [2.45, 2.75) is 49.1 Å². The van der Waals surface area contributed by atoms with Gasteiger partial charge < -0.3 is 19.5 Å². The molecule has 166 valence electrons. The van der Waals surface area contributed by atoms with Crippen LogP contribution in [0.15, 0.2) is 30.4 Å². The maximum atomic E-state index is 12.7. The normalized spacial score (nSPS) is 34.2. The third kappa shape index (κ3) is 2.73. The maximum Gasteiger partial charge on any atom is 0.410 e. The van der Waals surface area contributed by atoms with Crippen LogP contribution in [0.25, 0.3) is 0 Å². The van der Waals surface area contributed by atoms with Crippen LogP contribution in [0.1, 0.15) is 30.4 Å². The van der Waals surface area contributed by atoms with Crippen LogP contribution < -0.4 is 4.74 Å². The quantitative estimate of drug-likeness (QED) is 0.429. The summed E-state index contributed by atoms with van der Waals surface area (Å²) in [5.41, 5.74) is 0.357. The van der Waals surface area contributed by atoms with Gasteiger partial charge in [-0.2, -0.15) is 0 Å². The third-order valence-electron chi connectivity index (χ3n) is 7.34. The molecule has 5 rings (SSSR count). The van der Waals surface area contributed by atoms with Crippen LogP contribution >= 0.6 is 0 Å². The molecule has 1 fully saturated rings. The van der Waals surface area contributed by atoms with Gasteiger partial charge in [0, 0.05) is 32.1 Å². The van der Waals surface area contributed by atoms with Crippen LogP contribution in [0.3, 0.4) is 0 Å². The highest BCUT2D eigenvalue weighted by Gasteiger charge is 2.59. The fourth-order valence-electron chi connectivity index (χ4n) is 5.83. The van der Waals surface area contributed by atoms with Gasteiger partial charge in [-0.15, -0.1) is 0 Å². The molecule has 4 aliphatic rings. The molecule has 3 aliphatic heterocycles. The average molecular weight is 429 g/mol. The minimum absolute atomic E-state index is 0.0118. The van der Waals surface area contributed by atoms with Crippen molar-refractivity contribution in [3.05, 3.63) is 41.5 Å². The molecule has 2 N–H and O–H groups in total. The van der Waals surface area contributed by atoms with E-state index in [9.17, 15) is 19.9 Å². The van der Waals surface area contributed by atoms with Crippen LogP contribution in [0.2, 0.25) is 0 Å². The molecule has 9 nitrogen and oxygen atoms in total. The first-order valence-electron chi connectivity index (χ1n) is 10.6. The number of ether oxygens (including phenoxy) is 2. The predicted octanol–water partition coefficient (Wildman–Crippen LogP) is 1.79. The molecule has 1 saturated heterocycles. The highest BCUT2D eigenvalue weighted by atomic mass is 16.6. The lowest BCUT2D eigenvalue weighted by molar-refractivity contribution is -0.189. The summed E-state index contributed by atoms with van der Waals surface area (Å²) in [6.07, 6.45) is 3.75. The number of methoxy groups -OCH3 is 1. The van der Waals surface area contributed by atoms with Gasteiger partial charge in [0.1, 0.15) is 11.9 Å². The minimum atomic E-state index is -1.75. The number of hydrogen-bond donors (Lipinski definition) is 2. The Balaban J connectivity index is 1.55. The van der Waals surface area contributed by atoms with Gasteiger partial charge in [-0.3, -0.25) is 14.9 Å². The summed E-state index contributed by atoms with van der Waals surface area (Å²) < 4.78 is 11.8. The molecular formula is C22H27N3O6. The molecule has 0 saturated carbocycles. The molecular weight excluding hydrogens is 402 g/mol. The summed E-state index contributed by atoms with van der Waals surface area (Å²) in [6.45, 7) is 1.75. The molecule has 2 amide bonds. The second-order valence-electron chi connectivity index (χ2n) is 8.91. The first kappa shape index (κ1) is 20.3. The lowest BCUT2D eigenvalue weighted by Crippen LogP contribution is -2.62. The van der Waals surface area contributed by atoms with Crippen LogP contribution in [0.4, 0.5) is 4.79 Å². The Morgan fingerprint density at radius 3 is 2.81 bits per heavy atom. The van der Waals surface area contributed by atoms with E-state index in [1.165, 1.54) is 18.2 Å². The van der Waals surface area contributed by atoms with Gasteiger partial charge >= 0.3 is 6.09 Å². The van der Waals surface area contributed by atoms with Gasteiger partial charge in [0.25, 0.3) is 5.91 Å². The molecule has 31 heavy (non-hydrogen) atoms. The van der Waals surface area contributed by atoms with E-state index in [1.54, 1.807) is 0 Å². The highest BCUT2D eigenvalue weighted by Crippen LogP contribution is 2.53. The number of carbonyl (C=O) groups excluding carboxylic acids is 1. The number of hydrogen-bond acceptors (Lipinski definition) is 6. The predicted molar refractivity (Wildman–Crippen MR) is 109 cm³/mol. The molecule has 0 bridgehead atoms. The first-order valence-corrected chi connectivity index (χ1v) is 10.6. The number of carboxylic acid groups (broad SMARTS) is 1. The van der Waals surface area contributed by atoms with E-state index in [0.717, 1.165) is 30.2 Å². The average Bonchev–Trinajstić information content (AvgIpc) is 3.17. The van der Waals surface area contributed by atoms with Crippen molar-refractivity contribution in [3.8, 4) is 5.75 Å². The van der Waals surface area contributed by atoms with E-state index in [2.05, 4.69) is 24.1 Å². The Labute approximate surface area is 180 Å². The standard InChI is InChI=1S/C22H27N3O6/c1-23-10-8-21-7-6-15(12-17(21)31-16-5-3-4-14(13-23)18(16)21)25(20(27)28)22(30-2)9-11-24(29)19(22)26/h3-7,15,17,29H,8-13H2,1-2H3,(H,27,28)/t15-,17-,21-,22-/m0/s1. The second kappa shape index (κ2) is 6.94. The zero-order chi connectivity index (χ0) is 22.0. The zero-order valence-electron chi connectivity index (χ0n) is 17.7. The van der Waals surface area contributed by atoms with Crippen molar-refractivity contribution in [3.63, 3.8) is 0 Å². The second-order valence-corrected chi connectivity index (χ2v) is 8.91. The van der Waals surface area contributed by atoms with Crippen molar-refractivity contribution >= 4 is 12.0 Å². The van der Waals surface area contributed by atoms with Gasteiger partial charge in [-0.1, -0.05) is 24.3 Å². The SMILES string of the molecule is CO[C@@]1(N(C(=O)O)[C@H]2C=C[C@@]34CCN(C)Cc5cccc(c53)O[C@H]4C2)CCN(O)C1=O. The van der Waals surface area contributed by atoms with E-state index in [0.29, 0.717) is 11.5 Å². The summed E-state index contributed by atoms with van der Waals surface area (Å²) in [4.78, 5) is 28.4. The Hall–Kier alpha value is -2.62. The molecule has 0 radical (unpaired) electrons. The largest absolute Gasteiger partial charge is 0.489 e. The van der Waals surface area contributed by atoms with E-state index in [-0.39, 0.29) is 24.5 Å². The van der Waals surface area contributed by atoms with E-state index >= 15 is 0 Å². The Kier molecular flexibility index (Phi) is 4.55. The summed E-state index contributed by atoms with van der Waals surface area (Å²) in [5.74, 6) is 0.0880. The Bertz CT molecular complexity index is 967. The summed E-state index contributed by atoms with van der Waals surface area (Å²) in [5, 5.41) is 20.5. The van der Waals surface area contributed by atoms with Gasteiger partial charge in [-0.05, 0) is 31.6 Å². The first-order chi connectivity index (χ1) is 14.8. The number of amides is 2. The molecule has 9 heteroatoms. The van der Waals surface area contributed by atoms with Crippen molar-refractivity contribution in [1.29, 1.82) is 0 Å². The molecule has 1 spiro atoms. The number of rotatable bonds is 3. The molecule has 0 unspecified atom stereocenters. The fourth-order valence-corrected chi connectivity index (χ4v) is 5.83. The molecule has 0 aromatic heterocycles. The van der Waals surface area contributed by atoms with Gasteiger partial charge in [0.2, 0.25) is 5.72 Å². The van der Waals surface area contributed by atoms with Crippen LogP contribution in [-0.4, -0.2) is 82.3 Å². The number of carbonyl (C=O) groups is 2. The minimum Gasteiger partial charge on any atom is -0.489 e. The summed E-state index contributed by atoms with van der Waals surface area (Å²) >= 11 is 0. The number of hydroxylamine groups is 2. The van der Waals surface area contributed by atoms with Gasteiger partial charge in [-0.25, -0.2) is 9.86 Å². The van der Waals surface area contributed by atoms with Crippen molar-refractivity contribution in [2.24, 2.45) is 0 Å². The van der Waals surface area contributed by atoms with Gasteiger partial charge in [0.05, 0.1) is 18.0 Å². The Morgan fingerprint density at radius 2 is 2.13 bits per heavy atom. The third-order valence-corrected chi connectivity index (χ3v) is 7.34. The monoisotopic (exact) mass is 429 g/mol.